The van der Waals surface area contributed by atoms with Gasteiger partial charge >= 0.3 is 0 Å². The Kier molecular flexibility index (Phi) is 4.00. The molecule has 2 aromatic rings. The molecule has 6 nitrogen and oxygen atoms in total. The number of para-hydroxylation sites is 1. The Labute approximate surface area is 152 Å². The van der Waals surface area contributed by atoms with Crippen LogP contribution >= 0.6 is 0 Å². The molecule has 26 heavy (non-hydrogen) atoms. The van der Waals surface area contributed by atoms with E-state index in [9.17, 15) is 18.3 Å². The minimum atomic E-state index is -3.74. The van der Waals surface area contributed by atoms with E-state index in [4.69, 9.17) is 0 Å². The molecule has 1 saturated heterocycles. The van der Waals surface area contributed by atoms with Gasteiger partial charge in [0.05, 0.1) is 35.8 Å². The third kappa shape index (κ3) is 2.34. The second-order valence-electron chi connectivity index (χ2n) is 6.68. The predicted octanol–water partition coefficient (Wildman–Crippen LogP) is 1.57. The summed E-state index contributed by atoms with van der Waals surface area (Å²) in [5.74, 6) is -0.205. The lowest BCUT2D eigenvalue weighted by Crippen LogP contribution is -2.70. The summed E-state index contributed by atoms with van der Waals surface area (Å²) in [5.41, 5.74) is 1.49. The maximum Gasteiger partial charge on any atom is 0.264 e. The predicted molar refractivity (Wildman–Crippen MR) is 97.3 cm³/mol. The summed E-state index contributed by atoms with van der Waals surface area (Å²) in [5, 5.41) is 9.75. The van der Waals surface area contributed by atoms with Crippen molar-refractivity contribution in [2.75, 3.05) is 17.5 Å². The summed E-state index contributed by atoms with van der Waals surface area (Å²) in [4.78, 5) is 13.9. The molecular formula is C19H20N2O4S. The van der Waals surface area contributed by atoms with Crippen molar-refractivity contribution in [3.05, 3.63) is 60.2 Å². The van der Waals surface area contributed by atoms with E-state index in [1.54, 1.807) is 41.3 Å². The summed E-state index contributed by atoms with van der Waals surface area (Å²) < 4.78 is 27.8. The van der Waals surface area contributed by atoms with E-state index in [-0.39, 0.29) is 42.0 Å². The van der Waals surface area contributed by atoms with Gasteiger partial charge in [-0.05, 0) is 23.8 Å². The number of benzene rings is 2. The molecule has 0 bridgehead atoms. The van der Waals surface area contributed by atoms with Gasteiger partial charge in [-0.2, -0.15) is 0 Å². The number of anilines is 1. The van der Waals surface area contributed by atoms with E-state index in [1.807, 2.05) is 18.2 Å². The first kappa shape index (κ1) is 17.1. The number of fused-ring (bicyclic) bond motifs is 3. The minimum absolute atomic E-state index is 0.0534. The van der Waals surface area contributed by atoms with Gasteiger partial charge in [-0.1, -0.05) is 36.4 Å². The SMILES string of the molecule is CC(=O)N1[C@@H]2CN(S(=O)(=O)c3ccccc3)c3ccccc3[C@@H]2[C@@H]1CO. The maximum absolute atomic E-state index is 13.2. The fraction of sp³-hybridized carbons (Fsp3) is 0.316. The largest absolute Gasteiger partial charge is 0.394 e. The highest BCUT2D eigenvalue weighted by atomic mass is 32.2. The number of hydrogen-bond donors (Lipinski definition) is 1. The highest BCUT2D eigenvalue weighted by molar-refractivity contribution is 7.92. The molecule has 4 rings (SSSR count). The first-order valence-electron chi connectivity index (χ1n) is 8.53. The van der Waals surface area contributed by atoms with Crippen LogP contribution in [0.25, 0.3) is 0 Å². The highest BCUT2D eigenvalue weighted by Crippen LogP contribution is 2.49. The Morgan fingerprint density at radius 1 is 1.12 bits per heavy atom. The van der Waals surface area contributed by atoms with Crippen LogP contribution in [-0.2, 0) is 14.8 Å². The molecule has 2 heterocycles. The third-order valence-electron chi connectivity index (χ3n) is 5.34. The normalized spacial score (nSPS) is 24.5. The van der Waals surface area contributed by atoms with Crippen molar-refractivity contribution in [2.24, 2.45) is 0 Å². The van der Waals surface area contributed by atoms with Crippen LogP contribution in [0.2, 0.25) is 0 Å². The van der Waals surface area contributed by atoms with Crippen molar-refractivity contribution in [1.29, 1.82) is 0 Å². The number of hydrogen-bond acceptors (Lipinski definition) is 4. The van der Waals surface area contributed by atoms with Gasteiger partial charge in [0.1, 0.15) is 0 Å². The molecule has 1 fully saturated rings. The molecular weight excluding hydrogens is 352 g/mol. The van der Waals surface area contributed by atoms with Crippen LogP contribution in [0.3, 0.4) is 0 Å². The Bertz CT molecular complexity index is 945. The van der Waals surface area contributed by atoms with E-state index in [1.165, 1.54) is 11.2 Å². The van der Waals surface area contributed by atoms with Crippen LogP contribution in [0.5, 0.6) is 0 Å². The van der Waals surface area contributed by atoms with Gasteiger partial charge in [0.25, 0.3) is 10.0 Å². The highest BCUT2D eigenvalue weighted by Gasteiger charge is 2.55. The molecule has 136 valence electrons. The van der Waals surface area contributed by atoms with Gasteiger partial charge in [0.2, 0.25) is 5.91 Å². The second kappa shape index (κ2) is 6.10. The zero-order valence-corrected chi connectivity index (χ0v) is 15.1. The molecule has 0 saturated carbocycles. The quantitative estimate of drug-likeness (QED) is 0.887. The van der Waals surface area contributed by atoms with E-state index >= 15 is 0 Å². The van der Waals surface area contributed by atoms with Crippen molar-refractivity contribution in [1.82, 2.24) is 4.90 Å². The number of carbonyl (C=O) groups excluding carboxylic acids is 1. The van der Waals surface area contributed by atoms with Crippen LogP contribution in [0.4, 0.5) is 5.69 Å². The van der Waals surface area contributed by atoms with Gasteiger partial charge in [0.15, 0.2) is 0 Å². The Balaban J connectivity index is 1.83. The molecule has 7 heteroatoms. The average molecular weight is 372 g/mol. The van der Waals surface area contributed by atoms with Gasteiger partial charge in [-0.15, -0.1) is 0 Å². The Morgan fingerprint density at radius 2 is 1.77 bits per heavy atom. The standard InChI is InChI=1S/C19H20N2O4S/c1-13(23)21-17-11-20(26(24,25)14-7-3-2-4-8-14)16-10-6-5-9-15(16)19(17)18(21)12-22/h2-10,17-19,22H,11-12H2,1H3/t17-,18+,19+/m1/s1. The number of likely N-dealkylation sites (tertiary alicyclic amines) is 1. The van der Waals surface area contributed by atoms with Crippen molar-refractivity contribution in [3.63, 3.8) is 0 Å². The van der Waals surface area contributed by atoms with Crippen LogP contribution in [-0.4, -0.2) is 49.6 Å². The van der Waals surface area contributed by atoms with Gasteiger partial charge in [-0.3, -0.25) is 9.10 Å². The van der Waals surface area contributed by atoms with Crippen LogP contribution in [0.1, 0.15) is 18.4 Å². The Hall–Kier alpha value is -2.38. The lowest BCUT2D eigenvalue weighted by atomic mass is 9.72. The number of aliphatic hydroxyl groups is 1. The summed E-state index contributed by atoms with van der Waals surface area (Å²) in [6.07, 6.45) is 0. The Morgan fingerprint density at radius 3 is 2.42 bits per heavy atom. The second-order valence-corrected chi connectivity index (χ2v) is 8.54. The summed E-state index contributed by atoms with van der Waals surface area (Å²) in [7, 11) is -3.74. The van der Waals surface area contributed by atoms with Crippen LogP contribution < -0.4 is 4.31 Å². The fourth-order valence-electron chi connectivity index (χ4n) is 4.24. The molecule has 0 spiro atoms. The lowest BCUT2D eigenvalue weighted by Gasteiger charge is -2.58. The van der Waals surface area contributed by atoms with Crippen LogP contribution in [0.15, 0.2) is 59.5 Å². The third-order valence-corrected chi connectivity index (χ3v) is 7.14. The molecule has 2 aromatic carbocycles. The molecule has 2 aliphatic rings. The minimum Gasteiger partial charge on any atom is -0.394 e. The monoisotopic (exact) mass is 372 g/mol. The number of aliphatic hydroxyl groups excluding tert-OH is 1. The molecule has 0 aliphatic carbocycles. The molecule has 2 aliphatic heterocycles. The number of nitrogens with zero attached hydrogens (tertiary/aromatic N) is 2. The molecule has 1 N–H and O–H groups in total. The van der Waals surface area contributed by atoms with Crippen molar-refractivity contribution in [2.45, 2.75) is 29.8 Å². The van der Waals surface area contributed by atoms with Gasteiger partial charge < -0.3 is 10.0 Å². The molecule has 0 radical (unpaired) electrons. The summed E-state index contributed by atoms with van der Waals surface area (Å²) in [6.45, 7) is 1.50. The molecule has 1 amide bonds. The number of sulfonamides is 1. The average Bonchev–Trinajstić information content (AvgIpc) is 2.62. The zero-order valence-electron chi connectivity index (χ0n) is 14.3. The zero-order chi connectivity index (χ0) is 18.5. The first-order valence-corrected chi connectivity index (χ1v) is 9.97. The van der Waals surface area contributed by atoms with E-state index in [0.29, 0.717) is 5.69 Å². The van der Waals surface area contributed by atoms with Crippen molar-refractivity contribution >= 4 is 21.6 Å². The van der Waals surface area contributed by atoms with Crippen molar-refractivity contribution < 1.29 is 18.3 Å². The van der Waals surface area contributed by atoms with E-state index < -0.39 is 10.0 Å². The number of rotatable bonds is 3. The number of carbonyl (C=O) groups is 1. The lowest BCUT2D eigenvalue weighted by molar-refractivity contribution is -0.147. The number of amides is 1. The summed E-state index contributed by atoms with van der Waals surface area (Å²) in [6, 6.07) is 15.1. The molecule has 3 atom stereocenters. The maximum atomic E-state index is 13.2. The van der Waals surface area contributed by atoms with Crippen molar-refractivity contribution in [3.8, 4) is 0 Å². The van der Waals surface area contributed by atoms with E-state index in [0.717, 1.165) is 5.56 Å². The summed E-state index contributed by atoms with van der Waals surface area (Å²) >= 11 is 0. The molecule has 0 unspecified atom stereocenters. The van der Waals surface area contributed by atoms with E-state index in [2.05, 4.69) is 0 Å². The van der Waals surface area contributed by atoms with Gasteiger partial charge in [-0.25, -0.2) is 8.42 Å². The smallest absolute Gasteiger partial charge is 0.264 e. The van der Waals surface area contributed by atoms with Gasteiger partial charge in [0, 0.05) is 12.8 Å². The molecule has 0 aromatic heterocycles. The first-order chi connectivity index (χ1) is 12.5. The topological polar surface area (TPSA) is 77.9 Å². The fourth-order valence-corrected chi connectivity index (χ4v) is 5.77. The van der Waals surface area contributed by atoms with Crippen LogP contribution in [0, 0.1) is 0 Å².